The van der Waals surface area contributed by atoms with E-state index in [0.29, 0.717) is 18.7 Å². The summed E-state index contributed by atoms with van der Waals surface area (Å²) in [4.78, 5) is 11.6. The molecule has 1 rings (SSSR count). The molecular formula is C12H17NO2. The van der Waals surface area contributed by atoms with E-state index in [0.717, 1.165) is 12.1 Å². The van der Waals surface area contributed by atoms with Crippen molar-refractivity contribution in [2.45, 2.75) is 20.4 Å². The Bertz CT molecular complexity index is 323. The van der Waals surface area contributed by atoms with E-state index in [1.807, 2.05) is 32.0 Å². The second-order valence-electron chi connectivity index (χ2n) is 3.16. The molecule has 3 heteroatoms. The van der Waals surface area contributed by atoms with Gasteiger partial charge in [0.05, 0.1) is 12.2 Å². The number of hydrogen-bond donors (Lipinski definition) is 1. The van der Waals surface area contributed by atoms with Crippen LogP contribution in [0.4, 0.5) is 0 Å². The third kappa shape index (κ3) is 3.36. The lowest BCUT2D eigenvalue weighted by Gasteiger charge is -2.08. The maximum absolute atomic E-state index is 11.6. The van der Waals surface area contributed by atoms with Crippen LogP contribution in [0.15, 0.2) is 24.3 Å². The van der Waals surface area contributed by atoms with Crippen LogP contribution in [0.25, 0.3) is 0 Å². The number of esters is 1. The minimum Gasteiger partial charge on any atom is -0.462 e. The smallest absolute Gasteiger partial charge is 0.338 e. The summed E-state index contributed by atoms with van der Waals surface area (Å²) in [6.45, 7) is 5.84. The predicted octanol–water partition coefficient (Wildman–Crippen LogP) is 1.97. The molecule has 0 aliphatic carbocycles. The normalized spacial score (nSPS) is 10.0. The average molecular weight is 207 g/mol. The molecule has 1 aromatic carbocycles. The number of ether oxygens (including phenoxy) is 1. The molecule has 0 fully saturated rings. The lowest BCUT2D eigenvalue weighted by molar-refractivity contribution is 0.0525. The first-order chi connectivity index (χ1) is 7.29. The lowest BCUT2D eigenvalue weighted by atomic mass is 10.1. The van der Waals surface area contributed by atoms with Crippen LogP contribution in [0.2, 0.25) is 0 Å². The highest BCUT2D eigenvalue weighted by molar-refractivity contribution is 5.91. The molecular weight excluding hydrogens is 190 g/mol. The molecule has 0 radical (unpaired) electrons. The largest absolute Gasteiger partial charge is 0.462 e. The molecule has 0 unspecified atom stereocenters. The van der Waals surface area contributed by atoms with Gasteiger partial charge in [-0.25, -0.2) is 4.79 Å². The van der Waals surface area contributed by atoms with Crippen LogP contribution in [0.1, 0.15) is 29.8 Å². The molecule has 15 heavy (non-hydrogen) atoms. The summed E-state index contributed by atoms with van der Waals surface area (Å²) in [6, 6.07) is 7.51. The maximum Gasteiger partial charge on any atom is 0.338 e. The Hall–Kier alpha value is -1.35. The topological polar surface area (TPSA) is 38.3 Å². The Kier molecular flexibility index (Phi) is 4.84. The zero-order valence-corrected chi connectivity index (χ0v) is 9.25. The van der Waals surface area contributed by atoms with E-state index in [2.05, 4.69) is 5.32 Å². The van der Waals surface area contributed by atoms with Gasteiger partial charge in [-0.1, -0.05) is 25.1 Å². The van der Waals surface area contributed by atoms with Gasteiger partial charge in [-0.3, -0.25) is 0 Å². The van der Waals surface area contributed by atoms with Crippen LogP contribution >= 0.6 is 0 Å². The highest BCUT2D eigenvalue weighted by Gasteiger charge is 2.10. The minimum atomic E-state index is -0.244. The van der Waals surface area contributed by atoms with E-state index in [-0.39, 0.29) is 5.97 Å². The van der Waals surface area contributed by atoms with Gasteiger partial charge >= 0.3 is 5.97 Å². The SMILES string of the molecule is CCNCc1ccccc1C(=O)OCC. The van der Waals surface area contributed by atoms with Gasteiger partial charge in [-0.15, -0.1) is 0 Å². The van der Waals surface area contributed by atoms with Crippen LogP contribution in [0.3, 0.4) is 0 Å². The molecule has 0 heterocycles. The molecule has 82 valence electrons. The van der Waals surface area contributed by atoms with Crippen molar-refractivity contribution in [3.63, 3.8) is 0 Å². The fourth-order valence-electron chi connectivity index (χ4n) is 1.34. The summed E-state index contributed by atoms with van der Waals surface area (Å²) in [6.07, 6.45) is 0. The van der Waals surface area contributed by atoms with Crippen molar-refractivity contribution < 1.29 is 9.53 Å². The van der Waals surface area contributed by atoms with E-state index in [1.165, 1.54) is 0 Å². The van der Waals surface area contributed by atoms with E-state index >= 15 is 0 Å². The third-order valence-corrected chi connectivity index (χ3v) is 2.08. The summed E-state index contributed by atoms with van der Waals surface area (Å²) < 4.78 is 4.98. The zero-order valence-electron chi connectivity index (χ0n) is 9.25. The van der Waals surface area contributed by atoms with Crippen LogP contribution in [0, 0.1) is 0 Å². The van der Waals surface area contributed by atoms with Crippen molar-refractivity contribution in [3.8, 4) is 0 Å². The highest BCUT2D eigenvalue weighted by atomic mass is 16.5. The van der Waals surface area contributed by atoms with Crippen molar-refractivity contribution in [2.24, 2.45) is 0 Å². The standard InChI is InChI=1S/C12H17NO2/c1-3-13-9-10-7-5-6-8-11(10)12(14)15-4-2/h5-8,13H,3-4,9H2,1-2H3. The average Bonchev–Trinajstić information content (AvgIpc) is 2.27. The van der Waals surface area contributed by atoms with Crippen LogP contribution in [-0.4, -0.2) is 19.1 Å². The number of benzene rings is 1. The van der Waals surface area contributed by atoms with Crippen LogP contribution in [0.5, 0.6) is 0 Å². The Morgan fingerprint density at radius 2 is 2.07 bits per heavy atom. The number of nitrogens with one attached hydrogen (secondary N) is 1. The molecule has 0 atom stereocenters. The van der Waals surface area contributed by atoms with E-state index in [9.17, 15) is 4.79 Å². The zero-order chi connectivity index (χ0) is 11.1. The van der Waals surface area contributed by atoms with Crippen molar-refractivity contribution >= 4 is 5.97 Å². The summed E-state index contributed by atoms with van der Waals surface area (Å²) in [7, 11) is 0. The summed E-state index contributed by atoms with van der Waals surface area (Å²) >= 11 is 0. The van der Waals surface area contributed by atoms with Gasteiger partial charge in [-0.2, -0.15) is 0 Å². The monoisotopic (exact) mass is 207 g/mol. The predicted molar refractivity (Wildman–Crippen MR) is 59.8 cm³/mol. The Morgan fingerprint density at radius 3 is 2.73 bits per heavy atom. The lowest BCUT2D eigenvalue weighted by Crippen LogP contribution is -2.16. The Balaban J connectivity index is 2.80. The minimum absolute atomic E-state index is 0.244. The Labute approximate surface area is 90.4 Å². The molecule has 0 saturated heterocycles. The van der Waals surface area contributed by atoms with Gasteiger partial charge < -0.3 is 10.1 Å². The van der Waals surface area contributed by atoms with Gasteiger partial charge in [0, 0.05) is 6.54 Å². The molecule has 0 saturated carbocycles. The van der Waals surface area contributed by atoms with E-state index in [1.54, 1.807) is 6.07 Å². The molecule has 0 aliphatic heterocycles. The first-order valence-electron chi connectivity index (χ1n) is 5.25. The maximum atomic E-state index is 11.6. The Morgan fingerprint density at radius 1 is 1.33 bits per heavy atom. The highest BCUT2D eigenvalue weighted by Crippen LogP contribution is 2.09. The van der Waals surface area contributed by atoms with Gasteiger partial charge in [0.1, 0.15) is 0 Å². The molecule has 0 aliphatic rings. The van der Waals surface area contributed by atoms with Crippen LogP contribution < -0.4 is 5.32 Å². The molecule has 0 bridgehead atoms. The molecule has 0 spiro atoms. The second kappa shape index (κ2) is 6.19. The summed E-state index contributed by atoms with van der Waals surface area (Å²) in [5.74, 6) is -0.244. The fraction of sp³-hybridized carbons (Fsp3) is 0.417. The van der Waals surface area contributed by atoms with E-state index < -0.39 is 0 Å². The van der Waals surface area contributed by atoms with E-state index in [4.69, 9.17) is 4.74 Å². The summed E-state index contributed by atoms with van der Waals surface area (Å²) in [5.41, 5.74) is 1.64. The first kappa shape index (κ1) is 11.7. The van der Waals surface area contributed by atoms with Gasteiger partial charge in [-0.05, 0) is 25.1 Å². The molecule has 0 aromatic heterocycles. The number of hydrogen-bond acceptors (Lipinski definition) is 3. The first-order valence-corrected chi connectivity index (χ1v) is 5.25. The number of rotatable bonds is 5. The third-order valence-electron chi connectivity index (χ3n) is 2.08. The van der Waals surface area contributed by atoms with Crippen molar-refractivity contribution in [1.82, 2.24) is 5.32 Å². The second-order valence-corrected chi connectivity index (χ2v) is 3.16. The quantitative estimate of drug-likeness (QED) is 0.750. The fourth-order valence-corrected chi connectivity index (χ4v) is 1.34. The van der Waals surface area contributed by atoms with Gasteiger partial charge in [0.25, 0.3) is 0 Å². The molecule has 3 nitrogen and oxygen atoms in total. The molecule has 1 N–H and O–H groups in total. The van der Waals surface area contributed by atoms with Crippen LogP contribution in [-0.2, 0) is 11.3 Å². The van der Waals surface area contributed by atoms with Gasteiger partial charge in [0.15, 0.2) is 0 Å². The molecule has 1 aromatic rings. The van der Waals surface area contributed by atoms with Gasteiger partial charge in [0.2, 0.25) is 0 Å². The number of carbonyl (C=O) groups is 1. The molecule has 0 amide bonds. The summed E-state index contributed by atoms with van der Waals surface area (Å²) in [5, 5.41) is 3.19. The van der Waals surface area contributed by atoms with Crippen molar-refractivity contribution in [1.29, 1.82) is 0 Å². The number of carbonyl (C=O) groups excluding carboxylic acids is 1. The van der Waals surface area contributed by atoms with Crippen molar-refractivity contribution in [2.75, 3.05) is 13.2 Å². The van der Waals surface area contributed by atoms with Crippen molar-refractivity contribution in [3.05, 3.63) is 35.4 Å².